The Balaban J connectivity index is 3.91. The maximum atomic E-state index is 12.9. The highest BCUT2D eigenvalue weighted by molar-refractivity contribution is 7.45. The Bertz CT molecular complexity index is 2140. The molecule has 0 aromatic carbocycles. The number of hydrogen-bond donors (Lipinski definition) is 0. The molecule has 0 saturated heterocycles. The second-order valence-electron chi connectivity index (χ2n) is 30.2. The van der Waals surface area contributed by atoms with Gasteiger partial charge in [-0.25, -0.2) is 0 Å². The summed E-state index contributed by atoms with van der Waals surface area (Å²) in [6.07, 6.45) is 118. The number of hydrogen-bond acceptors (Lipinski definition) is 8. The van der Waals surface area contributed by atoms with Crippen LogP contribution in [0.2, 0.25) is 0 Å². The number of allylic oxidation sites excluding steroid dienone is 20. The number of phosphoric ester groups is 1. The molecule has 0 amide bonds. The Morgan fingerprint density at radius 3 is 0.833 bits per heavy atom. The van der Waals surface area contributed by atoms with Gasteiger partial charge >= 0.3 is 11.9 Å². The molecule has 0 aromatic heterocycles. The topological polar surface area (TPSA) is 111 Å². The van der Waals surface area contributed by atoms with Gasteiger partial charge in [0.25, 0.3) is 7.82 Å². The molecule has 0 bridgehead atoms. The number of unbranched alkanes of at least 4 members (excludes halogenated alkanes) is 46. The first-order valence-corrected chi connectivity index (χ1v) is 44.7. The van der Waals surface area contributed by atoms with Gasteiger partial charge in [0.2, 0.25) is 0 Å². The van der Waals surface area contributed by atoms with Gasteiger partial charge in [0, 0.05) is 12.8 Å². The lowest BCUT2D eigenvalue weighted by Crippen LogP contribution is -2.37. The molecule has 0 spiro atoms. The number of carbonyl (C=O) groups is 2. The predicted molar refractivity (Wildman–Crippen MR) is 443 cm³/mol. The highest BCUT2D eigenvalue weighted by atomic mass is 31.2. The molecule has 0 aliphatic heterocycles. The Kier molecular flexibility index (Phi) is 78.6. The molecular formula is C92H164NO8P. The van der Waals surface area contributed by atoms with Crippen LogP contribution in [0, 0.1) is 0 Å². The van der Waals surface area contributed by atoms with Crippen LogP contribution in [0.25, 0.3) is 0 Å². The fourth-order valence-electron chi connectivity index (χ4n) is 12.4. The molecule has 0 N–H and O–H groups in total. The first-order valence-electron chi connectivity index (χ1n) is 43.2. The third kappa shape index (κ3) is 85.3. The zero-order valence-electron chi connectivity index (χ0n) is 67.5. The van der Waals surface area contributed by atoms with Crippen LogP contribution >= 0.6 is 7.82 Å². The predicted octanol–water partition coefficient (Wildman–Crippen LogP) is 28.7. The molecule has 0 saturated carbocycles. The number of likely N-dealkylation sites (N-methyl/N-ethyl adjacent to an activating group) is 1. The summed E-state index contributed by atoms with van der Waals surface area (Å²) in [5, 5.41) is 0. The van der Waals surface area contributed by atoms with Crippen molar-refractivity contribution < 1.29 is 42.1 Å². The minimum atomic E-state index is -4.65. The van der Waals surface area contributed by atoms with E-state index in [-0.39, 0.29) is 32.0 Å². The molecule has 0 fully saturated rings. The summed E-state index contributed by atoms with van der Waals surface area (Å²) in [6.45, 7) is 4.16. The Morgan fingerprint density at radius 2 is 0.559 bits per heavy atom. The van der Waals surface area contributed by atoms with Crippen molar-refractivity contribution in [1.29, 1.82) is 0 Å². The van der Waals surface area contributed by atoms with Crippen LogP contribution in [0.4, 0.5) is 0 Å². The highest BCUT2D eigenvalue weighted by Crippen LogP contribution is 2.38. The van der Waals surface area contributed by atoms with E-state index in [1.807, 2.05) is 21.1 Å². The maximum Gasteiger partial charge on any atom is 0.306 e. The number of carbonyl (C=O) groups excluding carboxylic acids is 2. The molecular weight excluding hydrogens is 1280 g/mol. The van der Waals surface area contributed by atoms with E-state index < -0.39 is 26.5 Å². The lowest BCUT2D eigenvalue weighted by Gasteiger charge is -2.28. The van der Waals surface area contributed by atoms with Crippen molar-refractivity contribution >= 4 is 19.8 Å². The third-order valence-corrected chi connectivity index (χ3v) is 19.9. The van der Waals surface area contributed by atoms with Gasteiger partial charge in [-0.15, -0.1) is 0 Å². The van der Waals surface area contributed by atoms with Crippen LogP contribution in [-0.4, -0.2) is 70.0 Å². The number of rotatable bonds is 80. The van der Waals surface area contributed by atoms with Gasteiger partial charge < -0.3 is 27.9 Å². The quantitative estimate of drug-likeness (QED) is 0.0195. The van der Waals surface area contributed by atoms with Gasteiger partial charge in [-0.2, -0.15) is 0 Å². The second kappa shape index (κ2) is 81.5. The van der Waals surface area contributed by atoms with E-state index in [0.717, 1.165) is 96.3 Å². The molecule has 9 nitrogen and oxygen atoms in total. The van der Waals surface area contributed by atoms with Crippen LogP contribution in [0.15, 0.2) is 122 Å². The van der Waals surface area contributed by atoms with E-state index in [4.69, 9.17) is 18.5 Å². The Hall–Kier alpha value is -3.59. The van der Waals surface area contributed by atoms with Crippen LogP contribution in [0.5, 0.6) is 0 Å². The molecule has 2 atom stereocenters. The summed E-state index contributed by atoms with van der Waals surface area (Å²) in [5.41, 5.74) is 0. The van der Waals surface area contributed by atoms with E-state index in [1.54, 1.807) is 0 Å². The van der Waals surface area contributed by atoms with Crippen LogP contribution in [0.3, 0.4) is 0 Å². The van der Waals surface area contributed by atoms with Crippen molar-refractivity contribution in [3.05, 3.63) is 122 Å². The van der Waals surface area contributed by atoms with E-state index in [2.05, 4.69) is 135 Å². The summed E-state index contributed by atoms with van der Waals surface area (Å²) < 4.78 is 34.5. The number of phosphoric acid groups is 1. The fourth-order valence-corrected chi connectivity index (χ4v) is 13.1. The molecule has 10 heteroatoms. The first-order chi connectivity index (χ1) is 50.0. The van der Waals surface area contributed by atoms with Crippen molar-refractivity contribution in [3.63, 3.8) is 0 Å². The second-order valence-corrected chi connectivity index (χ2v) is 31.6. The summed E-state index contributed by atoms with van der Waals surface area (Å²) >= 11 is 0. The zero-order valence-corrected chi connectivity index (χ0v) is 68.4. The SMILES string of the molecule is CC/C=C\C/C=C\C/C=C\C/C=C\C/C=C\C/C=C\C/C=C\CCCCCCCCCCCCCCCCCC(=O)OC(COC(=O)CCCCCCCCCCCCCCCCCCCCCCCCCCCC/C=C\C/C=C\C/C=C\CCCCCCC)COP(=O)([O-])OCC[N+](C)(C)C. The molecule has 2 unspecified atom stereocenters. The largest absolute Gasteiger partial charge is 0.756 e. The van der Waals surface area contributed by atoms with Gasteiger partial charge in [-0.05, 0) is 109 Å². The summed E-state index contributed by atoms with van der Waals surface area (Å²) in [7, 11) is 1.18. The standard InChI is InChI=1S/C92H164NO8P/c1-6-8-10-12-14-16-18-20-22-24-26-28-30-32-34-36-38-40-42-44-45-46-47-49-50-52-54-56-58-60-62-64-66-68-70-72-74-76-78-80-82-84-91(94)98-88-90(89-100-102(96,97)99-87-86-93(3,4)5)101-92(95)85-83-81-79-77-75-73-71-69-67-65-63-61-59-57-55-53-51-48-43-41-39-37-35-33-31-29-27-25-23-21-19-17-15-13-11-9-7-2/h9,11,15,17-18,20-21,23-24,26-27,29-30,32-33,35,39,41,48,51,90H,6-8,10,12-14,16,19,22,25,28,31,34,36-38,40,42-47,49-50,52-89H2,1-5H3/b11-9-,17-15-,20-18-,23-21-,26-24-,29-27-,32-30-,35-33-,41-39-,51-48-. The Morgan fingerprint density at radius 1 is 0.314 bits per heavy atom. The van der Waals surface area contributed by atoms with Gasteiger partial charge in [0.15, 0.2) is 6.10 Å². The van der Waals surface area contributed by atoms with Crippen LogP contribution < -0.4 is 4.89 Å². The molecule has 0 aliphatic rings. The molecule has 590 valence electrons. The smallest absolute Gasteiger partial charge is 0.306 e. The van der Waals surface area contributed by atoms with Gasteiger partial charge in [-0.1, -0.05) is 399 Å². The lowest BCUT2D eigenvalue weighted by molar-refractivity contribution is -0.870. The summed E-state index contributed by atoms with van der Waals surface area (Å²) in [6, 6.07) is 0. The molecule has 0 heterocycles. The lowest BCUT2D eigenvalue weighted by atomic mass is 10.0. The number of nitrogens with zero attached hydrogens (tertiary/aromatic N) is 1. The summed E-state index contributed by atoms with van der Waals surface area (Å²) in [4.78, 5) is 38.2. The monoisotopic (exact) mass is 1440 g/mol. The minimum absolute atomic E-state index is 0.0323. The maximum absolute atomic E-state index is 12.9. The molecule has 0 rings (SSSR count). The van der Waals surface area contributed by atoms with Crippen molar-refractivity contribution in [1.82, 2.24) is 0 Å². The molecule has 0 radical (unpaired) electrons. The first kappa shape index (κ1) is 98.4. The molecule has 0 aromatic rings. The van der Waals surface area contributed by atoms with Crippen molar-refractivity contribution in [2.45, 2.75) is 405 Å². The molecule has 102 heavy (non-hydrogen) atoms. The number of quaternary nitrogens is 1. The summed E-state index contributed by atoms with van der Waals surface area (Å²) in [5.74, 6) is -0.819. The van der Waals surface area contributed by atoms with E-state index in [0.29, 0.717) is 17.4 Å². The van der Waals surface area contributed by atoms with Crippen molar-refractivity contribution in [2.24, 2.45) is 0 Å². The molecule has 0 aliphatic carbocycles. The van der Waals surface area contributed by atoms with Gasteiger partial charge in [0.1, 0.15) is 19.8 Å². The normalized spacial score (nSPS) is 13.6. The van der Waals surface area contributed by atoms with Crippen molar-refractivity contribution in [2.75, 3.05) is 47.5 Å². The van der Waals surface area contributed by atoms with Gasteiger partial charge in [0.05, 0.1) is 27.7 Å². The third-order valence-electron chi connectivity index (χ3n) is 19.0. The highest BCUT2D eigenvalue weighted by Gasteiger charge is 2.22. The van der Waals surface area contributed by atoms with E-state index >= 15 is 0 Å². The fraction of sp³-hybridized carbons (Fsp3) is 0.761. The van der Waals surface area contributed by atoms with Crippen molar-refractivity contribution in [3.8, 4) is 0 Å². The Labute approximate surface area is 632 Å². The number of esters is 2. The van der Waals surface area contributed by atoms with E-state index in [1.165, 1.54) is 270 Å². The number of ether oxygens (including phenoxy) is 2. The van der Waals surface area contributed by atoms with Crippen LogP contribution in [0.1, 0.15) is 399 Å². The average molecular weight is 1440 g/mol. The van der Waals surface area contributed by atoms with Crippen LogP contribution in [-0.2, 0) is 32.7 Å². The van der Waals surface area contributed by atoms with Gasteiger partial charge in [-0.3, -0.25) is 14.2 Å². The average Bonchev–Trinajstić information content (AvgIpc) is 0.913. The van der Waals surface area contributed by atoms with E-state index in [9.17, 15) is 19.0 Å². The zero-order chi connectivity index (χ0) is 74.0. The minimum Gasteiger partial charge on any atom is -0.756 e.